The van der Waals surface area contributed by atoms with Crippen molar-refractivity contribution in [2.75, 3.05) is 5.73 Å². The summed E-state index contributed by atoms with van der Waals surface area (Å²) in [7, 11) is 0. The molecule has 2 heterocycles. The van der Waals surface area contributed by atoms with Crippen LogP contribution in [-0.4, -0.2) is 27.7 Å². The SMILES string of the molecule is NC1=CC(=O)C2=C(C(=O)c3c(O)oc4cc(N)cc(O)c34)C(=O)OC2=C1. The number of phenolic OH excluding ortho intramolecular Hbond substituents is 1. The molecule has 9 nitrogen and oxygen atoms in total. The molecule has 2 aliphatic rings. The number of phenols is 1. The smallest absolute Gasteiger partial charge is 0.348 e. The second-order valence-corrected chi connectivity index (χ2v) is 5.68. The van der Waals surface area contributed by atoms with E-state index in [0.29, 0.717) is 0 Å². The van der Waals surface area contributed by atoms with Crippen molar-refractivity contribution in [2.24, 2.45) is 5.73 Å². The first-order valence-electron chi connectivity index (χ1n) is 7.26. The fourth-order valence-electron chi connectivity index (χ4n) is 2.95. The summed E-state index contributed by atoms with van der Waals surface area (Å²) in [5, 5.41) is 20.0. The van der Waals surface area contributed by atoms with Crippen LogP contribution in [0.2, 0.25) is 0 Å². The summed E-state index contributed by atoms with van der Waals surface area (Å²) in [5.41, 5.74) is 9.94. The number of aromatic hydroxyl groups is 2. The van der Waals surface area contributed by atoms with Crippen LogP contribution in [0.15, 0.2) is 51.3 Å². The molecule has 0 atom stereocenters. The van der Waals surface area contributed by atoms with Crippen molar-refractivity contribution in [2.45, 2.75) is 0 Å². The van der Waals surface area contributed by atoms with E-state index in [9.17, 15) is 24.6 Å². The van der Waals surface area contributed by atoms with E-state index in [1.165, 1.54) is 12.1 Å². The summed E-state index contributed by atoms with van der Waals surface area (Å²) in [6.45, 7) is 0. The molecule has 0 fully saturated rings. The fraction of sp³-hybridized carbons (Fsp3) is 0. The van der Waals surface area contributed by atoms with Crippen molar-refractivity contribution in [3.8, 4) is 11.7 Å². The van der Waals surface area contributed by atoms with Gasteiger partial charge in [-0.25, -0.2) is 4.79 Å². The maximum absolute atomic E-state index is 12.9. The first kappa shape index (κ1) is 15.5. The lowest BCUT2D eigenvalue weighted by Crippen LogP contribution is -2.15. The molecule has 0 amide bonds. The Morgan fingerprint density at radius 1 is 1.08 bits per heavy atom. The summed E-state index contributed by atoms with van der Waals surface area (Å²) >= 11 is 0. The van der Waals surface area contributed by atoms with Gasteiger partial charge in [0, 0.05) is 35.7 Å². The maximum Gasteiger partial charge on any atom is 0.348 e. The predicted molar refractivity (Wildman–Crippen MR) is 86.8 cm³/mol. The van der Waals surface area contributed by atoms with Gasteiger partial charge in [-0.3, -0.25) is 9.59 Å². The molecule has 0 unspecified atom stereocenters. The predicted octanol–water partition coefficient (Wildman–Crippen LogP) is 0.772. The van der Waals surface area contributed by atoms with Crippen LogP contribution < -0.4 is 11.5 Å². The van der Waals surface area contributed by atoms with E-state index in [1.54, 1.807) is 0 Å². The number of ether oxygens (including phenoxy) is 1. The number of ketones is 2. The Balaban J connectivity index is 1.96. The minimum absolute atomic E-state index is 0.0600. The lowest BCUT2D eigenvalue weighted by molar-refractivity contribution is -0.132. The Kier molecular flexibility index (Phi) is 2.98. The number of hydrogen-bond donors (Lipinski definition) is 4. The number of carbonyl (C=O) groups excluding carboxylic acids is 3. The number of benzene rings is 1. The highest BCUT2D eigenvalue weighted by molar-refractivity contribution is 6.35. The van der Waals surface area contributed by atoms with Gasteiger partial charge in [0.05, 0.1) is 11.0 Å². The Labute approximate surface area is 144 Å². The number of nitrogens with two attached hydrogens (primary N) is 2. The molecule has 26 heavy (non-hydrogen) atoms. The number of esters is 1. The lowest BCUT2D eigenvalue weighted by Gasteiger charge is -2.07. The molecule has 1 aliphatic heterocycles. The summed E-state index contributed by atoms with van der Waals surface area (Å²) in [6.07, 6.45) is 2.28. The number of Topliss-reactive ketones (excluding diaryl/α,β-unsaturated/α-hetero) is 1. The fourth-order valence-corrected chi connectivity index (χ4v) is 2.95. The third kappa shape index (κ3) is 2.00. The summed E-state index contributed by atoms with van der Waals surface area (Å²) < 4.78 is 9.98. The third-order valence-electron chi connectivity index (χ3n) is 3.97. The Hall–Kier alpha value is -4.01. The second-order valence-electron chi connectivity index (χ2n) is 5.68. The van der Waals surface area contributed by atoms with Gasteiger partial charge in [0.15, 0.2) is 5.78 Å². The number of hydrogen-bond acceptors (Lipinski definition) is 9. The maximum atomic E-state index is 12.9. The number of allylic oxidation sites excluding steroid dienone is 3. The molecule has 9 heteroatoms. The van der Waals surface area contributed by atoms with E-state index < -0.39 is 40.4 Å². The number of carbonyl (C=O) groups is 3. The van der Waals surface area contributed by atoms with Crippen molar-refractivity contribution in [3.63, 3.8) is 0 Å². The van der Waals surface area contributed by atoms with Crippen LogP contribution in [0.5, 0.6) is 11.7 Å². The van der Waals surface area contributed by atoms with Gasteiger partial charge in [-0.05, 0) is 0 Å². The van der Waals surface area contributed by atoms with Crippen LogP contribution in [0.4, 0.5) is 5.69 Å². The van der Waals surface area contributed by atoms with E-state index in [1.807, 2.05) is 0 Å². The van der Waals surface area contributed by atoms with Gasteiger partial charge in [0.1, 0.15) is 28.2 Å². The zero-order valence-electron chi connectivity index (χ0n) is 12.9. The molecule has 1 aromatic heterocycles. The first-order valence-corrected chi connectivity index (χ1v) is 7.26. The van der Waals surface area contributed by atoms with Crippen LogP contribution in [-0.2, 0) is 14.3 Å². The van der Waals surface area contributed by atoms with Crippen molar-refractivity contribution >= 4 is 34.2 Å². The van der Waals surface area contributed by atoms with Gasteiger partial charge < -0.3 is 30.8 Å². The topological polar surface area (TPSA) is 166 Å². The Bertz CT molecular complexity index is 1150. The highest BCUT2D eigenvalue weighted by atomic mass is 16.5. The minimum Gasteiger partial charge on any atom is -0.507 e. The van der Waals surface area contributed by atoms with E-state index in [-0.39, 0.29) is 33.7 Å². The first-order chi connectivity index (χ1) is 12.3. The standard InChI is InChI=1S/C17H10N2O7/c18-5-1-7(20)11-9(3-5)25-16(23)13(11)15(22)14-12-8(21)2-6(19)4-10(12)26-17(14)24/h1-4,20,23H,18-19H2. The number of rotatable bonds is 2. The van der Waals surface area contributed by atoms with Gasteiger partial charge in [-0.15, -0.1) is 0 Å². The quantitative estimate of drug-likeness (QED) is 0.263. The van der Waals surface area contributed by atoms with Crippen LogP contribution in [0.1, 0.15) is 10.4 Å². The van der Waals surface area contributed by atoms with E-state index in [4.69, 9.17) is 20.6 Å². The molecule has 1 aromatic carbocycles. The van der Waals surface area contributed by atoms with Crippen LogP contribution >= 0.6 is 0 Å². The van der Waals surface area contributed by atoms with Gasteiger partial charge >= 0.3 is 5.97 Å². The Morgan fingerprint density at radius 3 is 2.54 bits per heavy atom. The van der Waals surface area contributed by atoms with Gasteiger partial charge in [0.25, 0.3) is 5.95 Å². The van der Waals surface area contributed by atoms with E-state index >= 15 is 0 Å². The van der Waals surface area contributed by atoms with Crippen molar-refractivity contribution in [1.29, 1.82) is 0 Å². The molecule has 6 N–H and O–H groups in total. The number of anilines is 1. The molecule has 4 rings (SSSR count). The van der Waals surface area contributed by atoms with Crippen molar-refractivity contribution < 1.29 is 33.8 Å². The summed E-state index contributed by atoms with van der Waals surface area (Å²) in [4.78, 5) is 37.3. The lowest BCUT2D eigenvalue weighted by atomic mass is 9.93. The van der Waals surface area contributed by atoms with Crippen LogP contribution in [0.3, 0.4) is 0 Å². The van der Waals surface area contributed by atoms with Crippen LogP contribution in [0.25, 0.3) is 11.0 Å². The molecule has 0 saturated carbocycles. The molecular formula is C17H10N2O7. The minimum atomic E-state index is -1.07. The van der Waals surface area contributed by atoms with E-state index in [2.05, 4.69) is 0 Å². The van der Waals surface area contributed by atoms with Crippen molar-refractivity contribution in [3.05, 3.63) is 52.5 Å². The second kappa shape index (κ2) is 4.99. The molecule has 0 bridgehead atoms. The number of furan rings is 1. The van der Waals surface area contributed by atoms with E-state index in [0.717, 1.165) is 12.1 Å². The van der Waals surface area contributed by atoms with Gasteiger partial charge in [-0.1, -0.05) is 0 Å². The Morgan fingerprint density at radius 2 is 1.81 bits per heavy atom. The molecule has 2 aromatic rings. The number of nitrogen functional groups attached to an aromatic ring is 1. The molecule has 130 valence electrons. The molecule has 0 spiro atoms. The molecule has 0 saturated heterocycles. The summed E-state index contributed by atoms with van der Waals surface area (Å²) in [6, 6.07) is 2.44. The highest BCUT2D eigenvalue weighted by Crippen LogP contribution is 2.41. The average molecular weight is 354 g/mol. The molecule has 1 aliphatic carbocycles. The average Bonchev–Trinajstić information content (AvgIpc) is 3.02. The normalized spacial score (nSPS) is 16.5. The molecule has 0 radical (unpaired) electrons. The highest BCUT2D eigenvalue weighted by Gasteiger charge is 2.41. The van der Waals surface area contributed by atoms with Gasteiger partial charge in [0.2, 0.25) is 5.78 Å². The van der Waals surface area contributed by atoms with Crippen molar-refractivity contribution in [1.82, 2.24) is 0 Å². The summed E-state index contributed by atoms with van der Waals surface area (Å²) in [5.74, 6) is -4.20. The largest absolute Gasteiger partial charge is 0.507 e. The number of fused-ring (bicyclic) bond motifs is 2. The zero-order valence-corrected chi connectivity index (χ0v) is 12.9. The third-order valence-corrected chi connectivity index (χ3v) is 3.97. The monoisotopic (exact) mass is 354 g/mol. The molecular weight excluding hydrogens is 344 g/mol. The van der Waals surface area contributed by atoms with Crippen LogP contribution in [0, 0.1) is 0 Å². The van der Waals surface area contributed by atoms with Gasteiger partial charge in [-0.2, -0.15) is 0 Å². The zero-order chi connectivity index (χ0) is 18.7.